The van der Waals surface area contributed by atoms with Gasteiger partial charge in [-0.25, -0.2) is 4.68 Å². The number of hydrogen-bond donors (Lipinski definition) is 0. The molecule has 1 atom stereocenters. The summed E-state index contributed by atoms with van der Waals surface area (Å²) in [6.45, 7) is 2.94. The highest BCUT2D eigenvalue weighted by Gasteiger charge is 2.31. The normalized spacial score (nSPS) is 23.5. The van der Waals surface area contributed by atoms with Crippen LogP contribution in [-0.4, -0.2) is 47.5 Å². The van der Waals surface area contributed by atoms with Gasteiger partial charge in [-0.05, 0) is 48.7 Å². The fourth-order valence-electron chi connectivity index (χ4n) is 3.04. The Morgan fingerprint density at radius 2 is 2.20 bits per heavy atom. The Kier molecular flexibility index (Phi) is 2.99. The quantitative estimate of drug-likeness (QED) is 0.808. The minimum Gasteiger partial charge on any atom is -0.291 e. The number of nitrogens with zero attached hydrogens (tertiary/aromatic N) is 7. The molecule has 7 nitrogen and oxygen atoms in total. The Hall–Kier alpha value is -1.76. The van der Waals surface area contributed by atoms with E-state index < -0.39 is 0 Å². The zero-order chi connectivity index (χ0) is 13.4. The molecule has 1 saturated carbocycles. The molecule has 1 unspecified atom stereocenters. The molecule has 1 aliphatic carbocycles. The van der Waals surface area contributed by atoms with E-state index >= 15 is 0 Å². The van der Waals surface area contributed by atoms with Crippen LogP contribution in [0.1, 0.15) is 37.5 Å². The van der Waals surface area contributed by atoms with Gasteiger partial charge in [-0.15, -0.1) is 5.10 Å². The summed E-state index contributed by atoms with van der Waals surface area (Å²) in [6.07, 6.45) is 8.78. The van der Waals surface area contributed by atoms with Crippen molar-refractivity contribution < 1.29 is 0 Å². The molecule has 4 rings (SSSR count). The van der Waals surface area contributed by atoms with Gasteiger partial charge in [0.15, 0.2) is 5.82 Å². The molecular weight excluding hydrogens is 254 g/mol. The smallest absolute Gasteiger partial charge is 0.165 e. The van der Waals surface area contributed by atoms with E-state index in [1.54, 1.807) is 0 Å². The summed E-state index contributed by atoms with van der Waals surface area (Å²) in [5.74, 6) is 1.01. The Labute approximate surface area is 117 Å². The molecule has 106 valence electrons. The van der Waals surface area contributed by atoms with E-state index in [2.05, 4.69) is 25.5 Å². The second-order valence-electron chi connectivity index (χ2n) is 5.77. The van der Waals surface area contributed by atoms with Crippen LogP contribution in [0.25, 0.3) is 0 Å². The van der Waals surface area contributed by atoms with E-state index in [1.807, 2.05) is 27.8 Å². The SMILES string of the molecule is c1cnn(CC2CCCN2Cc2nnnn2C2CC2)c1. The van der Waals surface area contributed by atoms with E-state index in [1.165, 1.54) is 25.7 Å². The van der Waals surface area contributed by atoms with Crippen molar-refractivity contribution in [2.45, 2.75) is 50.9 Å². The maximum Gasteiger partial charge on any atom is 0.165 e. The van der Waals surface area contributed by atoms with Gasteiger partial charge in [0.05, 0.1) is 19.1 Å². The first-order valence-electron chi connectivity index (χ1n) is 7.38. The predicted molar refractivity (Wildman–Crippen MR) is 71.7 cm³/mol. The van der Waals surface area contributed by atoms with Crippen molar-refractivity contribution in [1.82, 2.24) is 34.9 Å². The van der Waals surface area contributed by atoms with Crippen LogP contribution in [0.2, 0.25) is 0 Å². The maximum absolute atomic E-state index is 4.31. The van der Waals surface area contributed by atoms with Crippen LogP contribution in [0.15, 0.2) is 18.5 Å². The minimum absolute atomic E-state index is 0.541. The van der Waals surface area contributed by atoms with E-state index in [-0.39, 0.29) is 0 Å². The lowest BCUT2D eigenvalue weighted by atomic mass is 10.2. The van der Waals surface area contributed by atoms with E-state index in [0.29, 0.717) is 12.1 Å². The molecular formula is C13H19N7. The highest BCUT2D eigenvalue weighted by Crippen LogP contribution is 2.34. The number of likely N-dealkylation sites (tertiary alicyclic amines) is 1. The van der Waals surface area contributed by atoms with Crippen molar-refractivity contribution in [3.05, 3.63) is 24.3 Å². The molecule has 0 spiro atoms. The van der Waals surface area contributed by atoms with Crippen LogP contribution in [-0.2, 0) is 13.1 Å². The number of rotatable bonds is 5. The predicted octanol–water partition coefficient (Wildman–Crippen LogP) is 0.869. The number of tetrazole rings is 1. The topological polar surface area (TPSA) is 64.7 Å². The maximum atomic E-state index is 4.31. The van der Waals surface area contributed by atoms with Gasteiger partial charge in [-0.1, -0.05) is 0 Å². The first-order chi connectivity index (χ1) is 9.90. The highest BCUT2D eigenvalue weighted by molar-refractivity contribution is 4.93. The number of hydrogen-bond acceptors (Lipinski definition) is 5. The standard InChI is InChI=1S/C13H19N7/c1-3-12(9-19-8-2-6-14-19)18(7-1)10-13-15-16-17-20(13)11-4-5-11/h2,6,8,11-12H,1,3-5,7,9-10H2. The Bertz CT molecular complexity index is 557. The summed E-state index contributed by atoms with van der Waals surface area (Å²) in [5, 5.41) is 16.5. The summed E-state index contributed by atoms with van der Waals surface area (Å²) >= 11 is 0. The fraction of sp³-hybridized carbons (Fsp3) is 0.692. The Balaban J connectivity index is 1.45. The Morgan fingerprint density at radius 3 is 3.00 bits per heavy atom. The van der Waals surface area contributed by atoms with Crippen LogP contribution in [0, 0.1) is 0 Å². The van der Waals surface area contributed by atoms with Crippen LogP contribution in [0.5, 0.6) is 0 Å². The van der Waals surface area contributed by atoms with Gasteiger partial charge in [0.1, 0.15) is 0 Å². The Morgan fingerprint density at radius 1 is 1.25 bits per heavy atom. The molecule has 3 heterocycles. The lowest BCUT2D eigenvalue weighted by Gasteiger charge is -2.23. The van der Waals surface area contributed by atoms with Gasteiger partial charge in [0.2, 0.25) is 0 Å². The third-order valence-corrected chi connectivity index (χ3v) is 4.25. The molecule has 2 aromatic rings. The van der Waals surface area contributed by atoms with Crippen LogP contribution in [0.3, 0.4) is 0 Å². The summed E-state index contributed by atoms with van der Waals surface area (Å²) in [4.78, 5) is 2.49. The van der Waals surface area contributed by atoms with Gasteiger partial charge < -0.3 is 0 Å². The molecule has 0 bridgehead atoms. The molecule has 7 heteroatoms. The van der Waals surface area contributed by atoms with E-state index in [9.17, 15) is 0 Å². The number of aromatic nitrogens is 6. The van der Waals surface area contributed by atoms with Gasteiger partial charge in [-0.3, -0.25) is 9.58 Å². The summed E-state index contributed by atoms with van der Waals surface area (Å²) < 4.78 is 4.04. The molecule has 1 aliphatic heterocycles. The average molecular weight is 273 g/mol. The average Bonchev–Trinajstić information content (AvgIpc) is 2.88. The summed E-state index contributed by atoms with van der Waals surface area (Å²) in [6, 6.07) is 3.07. The third-order valence-electron chi connectivity index (χ3n) is 4.25. The molecule has 0 radical (unpaired) electrons. The molecule has 2 aromatic heterocycles. The second kappa shape index (κ2) is 4.97. The first kappa shape index (κ1) is 12.0. The highest BCUT2D eigenvalue weighted by atomic mass is 15.6. The largest absolute Gasteiger partial charge is 0.291 e. The van der Waals surface area contributed by atoms with Crippen molar-refractivity contribution in [2.24, 2.45) is 0 Å². The monoisotopic (exact) mass is 273 g/mol. The minimum atomic E-state index is 0.541. The fourth-order valence-corrected chi connectivity index (χ4v) is 3.04. The zero-order valence-electron chi connectivity index (χ0n) is 11.5. The van der Waals surface area contributed by atoms with Gasteiger partial charge in [0, 0.05) is 18.4 Å². The lowest BCUT2D eigenvalue weighted by Crippen LogP contribution is -2.33. The third kappa shape index (κ3) is 2.33. The first-order valence-corrected chi connectivity index (χ1v) is 7.38. The molecule has 0 aromatic carbocycles. The van der Waals surface area contributed by atoms with Crippen molar-refractivity contribution in [2.75, 3.05) is 6.54 Å². The lowest BCUT2D eigenvalue weighted by molar-refractivity contribution is 0.210. The molecule has 20 heavy (non-hydrogen) atoms. The van der Waals surface area contributed by atoms with Crippen LogP contribution < -0.4 is 0 Å². The molecule has 0 amide bonds. The molecule has 2 fully saturated rings. The molecule has 2 aliphatic rings. The molecule has 1 saturated heterocycles. The zero-order valence-corrected chi connectivity index (χ0v) is 11.5. The van der Waals surface area contributed by atoms with E-state index in [4.69, 9.17) is 0 Å². The van der Waals surface area contributed by atoms with E-state index in [0.717, 1.165) is 25.5 Å². The van der Waals surface area contributed by atoms with Gasteiger partial charge in [0.25, 0.3) is 0 Å². The van der Waals surface area contributed by atoms with Crippen molar-refractivity contribution in [3.63, 3.8) is 0 Å². The van der Waals surface area contributed by atoms with Gasteiger partial charge in [-0.2, -0.15) is 5.10 Å². The van der Waals surface area contributed by atoms with Gasteiger partial charge >= 0.3 is 0 Å². The summed E-state index contributed by atoms with van der Waals surface area (Å²) in [7, 11) is 0. The molecule has 0 N–H and O–H groups in total. The van der Waals surface area contributed by atoms with Crippen molar-refractivity contribution in [1.29, 1.82) is 0 Å². The van der Waals surface area contributed by atoms with Crippen molar-refractivity contribution >= 4 is 0 Å². The summed E-state index contributed by atoms with van der Waals surface area (Å²) in [5.41, 5.74) is 0. The van der Waals surface area contributed by atoms with Crippen molar-refractivity contribution in [3.8, 4) is 0 Å². The van der Waals surface area contributed by atoms with Crippen LogP contribution in [0.4, 0.5) is 0 Å². The van der Waals surface area contributed by atoms with Crippen LogP contribution >= 0.6 is 0 Å². The second-order valence-corrected chi connectivity index (χ2v) is 5.77.